The second-order valence-corrected chi connectivity index (χ2v) is 8.67. The lowest BCUT2D eigenvalue weighted by atomic mass is 9.83. The van der Waals surface area contributed by atoms with E-state index in [2.05, 4.69) is 0 Å². The number of likely N-dealkylation sites (tertiary alicyclic amines) is 1. The maximum atomic E-state index is 13.0. The zero-order valence-electron chi connectivity index (χ0n) is 17.6. The van der Waals surface area contributed by atoms with Gasteiger partial charge in [-0.1, -0.05) is 6.07 Å². The van der Waals surface area contributed by atoms with E-state index in [4.69, 9.17) is 9.15 Å². The van der Waals surface area contributed by atoms with Crippen LogP contribution in [-0.4, -0.2) is 35.1 Å². The number of aromatic nitrogens is 1. The zero-order chi connectivity index (χ0) is 21.7. The lowest BCUT2D eigenvalue weighted by molar-refractivity contribution is -0.136. The van der Waals surface area contributed by atoms with Gasteiger partial charge in [-0.15, -0.1) is 0 Å². The summed E-state index contributed by atoms with van der Waals surface area (Å²) in [4.78, 5) is 38.8. The second-order valence-electron chi connectivity index (χ2n) is 8.67. The van der Waals surface area contributed by atoms with Crippen LogP contribution in [0.5, 0.6) is 5.75 Å². The van der Waals surface area contributed by atoms with Crippen LogP contribution < -0.4 is 15.9 Å². The molecule has 2 atom stereocenters. The molecular formula is C24H24N2O5. The lowest BCUT2D eigenvalue weighted by Crippen LogP contribution is -2.50. The first-order valence-corrected chi connectivity index (χ1v) is 10.5. The standard InChI is InChI=1S/C24H24N2O5/c1-14-6-19(24-15(2)8-23(29)31-20(24)7-14)30-13-22(28)25-10-16-9-17(12-25)18-4-3-5-21(27)26(18)11-16/h3-8,16-17H,9-13H2,1-2H3/t16-,17-/m1/s1. The van der Waals surface area contributed by atoms with Crippen molar-refractivity contribution in [3.05, 3.63) is 74.0 Å². The van der Waals surface area contributed by atoms with Crippen molar-refractivity contribution >= 4 is 16.9 Å². The summed E-state index contributed by atoms with van der Waals surface area (Å²) < 4.78 is 13.1. The van der Waals surface area contributed by atoms with E-state index in [0.29, 0.717) is 36.4 Å². The Morgan fingerprint density at radius 1 is 1.13 bits per heavy atom. The fourth-order valence-electron chi connectivity index (χ4n) is 5.02. The Balaban J connectivity index is 1.36. The molecule has 3 aromatic rings. The monoisotopic (exact) mass is 420 g/mol. The van der Waals surface area contributed by atoms with Crippen molar-refractivity contribution < 1.29 is 13.9 Å². The summed E-state index contributed by atoms with van der Waals surface area (Å²) in [6.45, 7) is 5.50. The normalized spacial score (nSPS) is 19.9. The van der Waals surface area contributed by atoms with Gasteiger partial charge in [-0.25, -0.2) is 4.79 Å². The van der Waals surface area contributed by atoms with Crippen LogP contribution in [0.1, 0.15) is 29.2 Å². The van der Waals surface area contributed by atoms with Gasteiger partial charge in [0.15, 0.2) is 6.61 Å². The highest BCUT2D eigenvalue weighted by Crippen LogP contribution is 2.35. The van der Waals surface area contributed by atoms with Gasteiger partial charge in [0, 0.05) is 43.4 Å². The molecule has 2 aliphatic heterocycles. The number of ether oxygens (including phenoxy) is 1. The number of nitrogens with zero attached hydrogens (tertiary/aromatic N) is 2. The molecule has 1 aromatic carbocycles. The largest absolute Gasteiger partial charge is 0.483 e. The van der Waals surface area contributed by atoms with Gasteiger partial charge < -0.3 is 18.6 Å². The molecule has 0 radical (unpaired) electrons. The van der Waals surface area contributed by atoms with Gasteiger partial charge in [0.1, 0.15) is 11.3 Å². The maximum Gasteiger partial charge on any atom is 0.336 e. The lowest BCUT2D eigenvalue weighted by Gasteiger charge is -2.42. The van der Waals surface area contributed by atoms with Gasteiger partial charge in [0.2, 0.25) is 0 Å². The van der Waals surface area contributed by atoms with Crippen molar-refractivity contribution in [1.29, 1.82) is 0 Å². The molecule has 0 unspecified atom stereocenters. The predicted molar refractivity (Wildman–Crippen MR) is 116 cm³/mol. The molecule has 1 fully saturated rings. The first kappa shape index (κ1) is 19.6. The molecule has 0 saturated carbocycles. The van der Waals surface area contributed by atoms with E-state index >= 15 is 0 Å². The summed E-state index contributed by atoms with van der Waals surface area (Å²) in [6, 6.07) is 10.5. The molecule has 4 heterocycles. The highest BCUT2D eigenvalue weighted by Gasteiger charge is 2.36. The van der Waals surface area contributed by atoms with Gasteiger partial charge in [-0.3, -0.25) is 9.59 Å². The number of carbonyl (C=O) groups is 1. The first-order valence-electron chi connectivity index (χ1n) is 10.5. The average Bonchev–Trinajstić information content (AvgIpc) is 2.71. The number of amides is 1. The molecule has 7 heteroatoms. The number of hydrogen-bond acceptors (Lipinski definition) is 5. The first-order chi connectivity index (χ1) is 14.9. The smallest absolute Gasteiger partial charge is 0.336 e. The Kier molecular flexibility index (Phi) is 4.68. The molecule has 2 aliphatic rings. The molecule has 160 valence electrons. The van der Waals surface area contributed by atoms with Crippen LogP contribution in [0.25, 0.3) is 11.0 Å². The third kappa shape index (κ3) is 3.54. The number of fused-ring (bicyclic) bond motifs is 5. The van der Waals surface area contributed by atoms with Crippen LogP contribution in [0.3, 0.4) is 0 Å². The van der Waals surface area contributed by atoms with Crippen molar-refractivity contribution in [1.82, 2.24) is 9.47 Å². The quantitative estimate of drug-likeness (QED) is 0.609. The third-order valence-electron chi connectivity index (χ3n) is 6.33. The third-order valence-corrected chi connectivity index (χ3v) is 6.33. The zero-order valence-corrected chi connectivity index (χ0v) is 17.6. The number of piperidine rings is 1. The fraction of sp³-hybridized carbons (Fsp3) is 0.375. The molecule has 2 aromatic heterocycles. The van der Waals surface area contributed by atoms with Gasteiger partial charge in [-0.2, -0.15) is 0 Å². The van der Waals surface area contributed by atoms with E-state index in [1.54, 1.807) is 18.2 Å². The number of carbonyl (C=O) groups excluding carboxylic acids is 1. The van der Waals surface area contributed by atoms with Crippen molar-refractivity contribution in [2.24, 2.45) is 5.92 Å². The van der Waals surface area contributed by atoms with Crippen molar-refractivity contribution in [3.63, 3.8) is 0 Å². The molecule has 0 N–H and O–H groups in total. The van der Waals surface area contributed by atoms with Gasteiger partial charge >= 0.3 is 5.63 Å². The summed E-state index contributed by atoms with van der Waals surface area (Å²) >= 11 is 0. The molecule has 7 nitrogen and oxygen atoms in total. The van der Waals surface area contributed by atoms with Crippen LogP contribution in [0, 0.1) is 19.8 Å². The predicted octanol–water partition coefficient (Wildman–Crippen LogP) is 2.60. The van der Waals surface area contributed by atoms with Crippen molar-refractivity contribution in [2.45, 2.75) is 32.7 Å². The molecule has 2 bridgehead atoms. The van der Waals surface area contributed by atoms with Gasteiger partial charge in [0.25, 0.3) is 11.5 Å². The van der Waals surface area contributed by atoms with E-state index in [1.165, 1.54) is 6.07 Å². The van der Waals surface area contributed by atoms with E-state index in [1.807, 2.05) is 35.4 Å². The molecule has 31 heavy (non-hydrogen) atoms. The average molecular weight is 420 g/mol. The van der Waals surface area contributed by atoms with Crippen LogP contribution in [0.2, 0.25) is 0 Å². The van der Waals surface area contributed by atoms with Gasteiger partial charge in [-0.05, 0) is 55.5 Å². The molecule has 1 amide bonds. The fourth-order valence-corrected chi connectivity index (χ4v) is 5.02. The molecule has 0 spiro atoms. The Bertz CT molecular complexity index is 1310. The van der Waals surface area contributed by atoms with Crippen LogP contribution >= 0.6 is 0 Å². The summed E-state index contributed by atoms with van der Waals surface area (Å²) in [5, 5.41) is 0.710. The van der Waals surface area contributed by atoms with Crippen LogP contribution in [0.15, 0.2) is 50.4 Å². The van der Waals surface area contributed by atoms with E-state index in [-0.39, 0.29) is 29.9 Å². The summed E-state index contributed by atoms with van der Waals surface area (Å²) in [7, 11) is 0. The molecule has 5 rings (SSSR count). The number of hydrogen-bond donors (Lipinski definition) is 0. The minimum absolute atomic E-state index is 0.0312. The maximum absolute atomic E-state index is 13.0. The van der Waals surface area contributed by atoms with Crippen molar-refractivity contribution in [3.8, 4) is 5.75 Å². The Hall–Kier alpha value is -3.35. The van der Waals surface area contributed by atoms with Gasteiger partial charge in [0.05, 0.1) is 5.39 Å². The number of pyridine rings is 1. The highest BCUT2D eigenvalue weighted by molar-refractivity contribution is 5.88. The number of benzene rings is 1. The van der Waals surface area contributed by atoms with E-state index in [0.717, 1.165) is 23.2 Å². The minimum Gasteiger partial charge on any atom is -0.483 e. The Morgan fingerprint density at radius 3 is 2.81 bits per heavy atom. The molecular weight excluding hydrogens is 396 g/mol. The Morgan fingerprint density at radius 2 is 1.97 bits per heavy atom. The molecule has 0 aliphatic carbocycles. The molecule has 1 saturated heterocycles. The topological polar surface area (TPSA) is 81.8 Å². The van der Waals surface area contributed by atoms with E-state index in [9.17, 15) is 14.4 Å². The number of aryl methyl sites for hydroxylation is 2. The minimum atomic E-state index is -0.406. The summed E-state index contributed by atoms with van der Waals surface area (Å²) in [5.41, 5.74) is 2.74. The van der Waals surface area contributed by atoms with Crippen LogP contribution in [0.4, 0.5) is 0 Å². The summed E-state index contributed by atoms with van der Waals surface area (Å²) in [5.74, 6) is 0.901. The second kappa shape index (κ2) is 7.41. The number of rotatable bonds is 3. The van der Waals surface area contributed by atoms with E-state index < -0.39 is 5.63 Å². The van der Waals surface area contributed by atoms with Crippen LogP contribution in [-0.2, 0) is 11.3 Å². The Labute approximate surface area is 178 Å². The SMILES string of the molecule is Cc1cc(OCC(=O)N2C[C@H]3C[C@H](C2)c2cccc(=O)n2C3)c2c(C)cc(=O)oc2c1. The van der Waals surface area contributed by atoms with Crippen molar-refractivity contribution in [2.75, 3.05) is 19.7 Å². The highest BCUT2D eigenvalue weighted by atomic mass is 16.5. The summed E-state index contributed by atoms with van der Waals surface area (Å²) in [6.07, 6.45) is 0.995.